The van der Waals surface area contributed by atoms with Gasteiger partial charge in [0.1, 0.15) is 5.69 Å². The minimum atomic E-state index is -1.80. The van der Waals surface area contributed by atoms with Crippen molar-refractivity contribution in [1.29, 1.82) is 0 Å². The zero-order valence-electron chi connectivity index (χ0n) is 10.5. The molecule has 23 heavy (non-hydrogen) atoms. The molecular formula is C12H3Cl5F4N2. The number of anilines is 1. The second-order valence-corrected chi connectivity index (χ2v) is 5.99. The molecule has 0 radical (unpaired) electrons. The molecule has 0 atom stereocenters. The number of benzene rings is 2. The molecule has 0 heterocycles. The van der Waals surface area contributed by atoms with Crippen LogP contribution in [0.1, 0.15) is 0 Å². The number of hydrogen-bond acceptors (Lipinski definition) is 2. The van der Waals surface area contributed by atoms with E-state index in [1.807, 2.05) is 0 Å². The van der Waals surface area contributed by atoms with E-state index in [-0.39, 0.29) is 5.02 Å². The summed E-state index contributed by atoms with van der Waals surface area (Å²) in [5.74, 6) is -2.33. The number of halogens is 9. The predicted molar refractivity (Wildman–Crippen MR) is 84.6 cm³/mol. The van der Waals surface area contributed by atoms with Crippen molar-refractivity contribution in [2.24, 2.45) is 5.84 Å². The minimum absolute atomic E-state index is 0.283. The van der Waals surface area contributed by atoms with E-state index < -0.39 is 60.2 Å². The average Bonchev–Trinajstić information content (AvgIpc) is 2.53. The highest BCUT2D eigenvalue weighted by atomic mass is 35.5. The Morgan fingerprint density at radius 3 is 1.26 bits per heavy atom. The Morgan fingerprint density at radius 1 is 0.565 bits per heavy atom. The van der Waals surface area contributed by atoms with Gasteiger partial charge in [-0.25, -0.2) is 17.6 Å². The van der Waals surface area contributed by atoms with E-state index in [2.05, 4.69) is 0 Å². The first kappa shape index (κ1) is 18.7. The number of hydrazine groups is 1. The van der Waals surface area contributed by atoms with Gasteiger partial charge < -0.3 is 5.43 Å². The van der Waals surface area contributed by atoms with Gasteiger partial charge in [0.25, 0.3) is 0 Å². The van der Waals surface area contributed by atoms with Gasteiger partial charge in [-0.15, -0.1) is 0 Å². The lowest BCUT2D eigenvalue weighted by Crippen LogP contribution is -2.14. The van der Waals surface area contributed by atoms with Crippen molar-refractivity contribution in [3.63, 3.8) is 0 Å². The lowest BCUT2D eigenvalue weighted by Gasteiger charge is -2.16. The molecule has 0 fully saturated rings. The first-order valence-corrected chi connectivity index (χ1v) is 7.38. The fourth-order valence-electron chi connectivity index (χ4n) is 1.80. The standard InChI is InChI=1S/C12H3Cl5F4N2/c13-3-1(4(14)6(16)7(17)5(3)15)2-8(18)10(20)12(23-22)11(21)9(2)19/h23H,22H2. The maximum atomic E-state index is 14.2. The monoisotopic (exact) mass is 426 g/mol. The van der Waals surface area contributed by atoms with E-state index in [1.54, 1.807) is 0 Å². The number of nitrogens with one attached hydrogen (secondary N) is 1. The zero-order chi connectivity index (χ0) is 17.6. The Balaban J connectivity index is 3.01. The van der Waals surface area contributed by atoms with Crippen LogP contribution in [-0.4, -0.2) is 0 Å². The molecule has 0 bridgehead atoms. The Kier molecular flexibility index (Phi) is 5.45. The van der Waals surface area contributed by atoms with Crippen LogP contribution in [0.25, 0.3) is 11.1 Å². The van der Waals surface area contributed by atoms with E-state index in [4.69, 9.17) is 63.8 Å². The van der Waals surface area contributed by atoms with Crippen molar-refractivity contribution in [3.05, 3.63) is 48.4 Å². The Bertz CT molecular complexity index is 770. The number of hydrogen-bond donors (Lipinski definition) is 2. The van der Waals surface area contributed by atoms with Gasteiger partial charge in [0.05, 0.1) is 30.7 Å². The highest BCUT2D eigenvalue weighted by molar-refractivity contribution is 6.56. The normalized spacial score (nSPS) is 11.0. The molecule has 0 aliphatic carbocycles. The fraction of sp³-hybridized carbons (Fsp3) is 0. The summed E-state index contributed by atoms with van der Waals surface area (Å²) in [6, 6.07) is 0. The van der Waals surface area contributed by atoms with Gasteiger partial charge in [0, 0.05) is 5.56 Å². The average molecular weight is 428 g/mol. The molecule has 2 aromatic carbocycles. The first-order valence-electron chi connectivity index (χ1n) is 5.49. The molecule has 0 aliphatic heterocycles. The van der Waals surface area contributed by atoms with Crippen LogP contribution in [0.15, 0.2) is 0 Å². The van der Waals surface area contributed by atoms with E-state index >= 15 is 0 Å². The van der Waals surface area contributed by atoms with Gasteiger partial charge in [-0.3, -0.25) is 5.84 Å². The predicted octanol–water partition coefficient (Wildman–Crippen LogP) is 6.46. The number of rotatable bonds is 2. The van der Waals surface area contributed by atoms with Crippen LogP contribution in [0, 0.1) is 23.3 Å². The molecule has 0 saturated heterocycles. The highest BCUT2D eigenvalue weighted by Gasteiger charge is 2.31. The van der Waals surface area contributed by atoms with Crippen LogP contribution in [0.4, 0.5) is 23.2 Å². The smallest absolute Gasteiger partial charge is 0.187 e. The summed E-state index contributed by atoms with van der Waals surface area (Å²) in [4.78, 5) is 0. The van der Waals surface area contributed by atoms with Crippen molar-refractivity contribution in [2.75, 3.05) is 5.43 Å². The summed E-state index contributed by atoms with van der Waals surface area (Å²) in [6.07, 6.45) is 0. The Hall–Kier alpha value is -0.630. The van der Waals surface area contributed by atoms with Gasteiger partial charge in [-0.2, -0.15) is 0 Å². The van der Waals surface area contributed by atoms with Crippen molar-refractivity contribution in [1.82, 2.24) is 0 Å². The molecule has 2 aromatic rings. The Morgan fingerprint density at radius 2 is 0.913 bits per heavy atom. The lowest BCUT2D eigenvalue weighted by molar-refractivity contribution is 0.463. The maximum Gasteiger partial charge on any atom is 0.187 e. The van der Waals surface area contributed by atoms with Gasteiger partial charge in [-0.05, 0) is 0 Å². The summed E-state index contributed by atoms with van der Waals surface area (Å²) in [5.41, 5.74) is -1.54. The first-order chi connectivity index (χ1) is 10.6. The molecule has 3 N–H and O–H groups in total. The molecular weight excluding hydrogens is 425 g/mol. The van der Waals surface area contributed by atoms with E-state index in [0.717, 1.165) is 0 Å². The lowest BCUT2D eigenvalue weighted by atomic mass is 10.0. The summed E-state index contributed by atoms with van der Waals surface area (Å²) >= 11 is 29.0. The third kappa shape index (κ3) is 2.81. The van der Waals surface area contributed by atoms with Gasteiger partial charge in [0.15, 0.2) is 23.3 Å². The van der Waals surface area contributed by atoms with Crippen LogP contribution < -0.4 is 11.3 Å². The van der Waals surface area contributed by atoms with E-state index in [0.29, 0.717) is 0 Å². The van der Waals surface area contributed by atoms with E-state index in [9.17, 15) is 17.6 Å². The molecule has 11 heteroatoms. The topological polar surface area (TPSA) is 38.0 Å². The number of nitrogen functional groups attached to an aromatic ring is 1. The van der Waals surface area contributed by atoms with Gasteiger partial charge >= 0.3 is 0 Å². The van der Waals surface area contributed by atoms with Crippen LogP contribution in [-0.2, 0) is 0 Å². The van der Waals surface area contributed by atoms with Crippen molar-refractivity contribution < 1.29 is 17.6 Å². The summed E-state index contributed by atoms with van der Waals surface area (Å²) < 4.78 is 56.0. The molecule has 0 aromatic heterocycles. The second kappa shape index (κ2) is 6.70. The van der Waals surface area contributed by atoms with Crippen LogP contribution in [0.3, 0.4) is 0 Å². The molecule has 0 unspecified atom stereocenters. The molecule has 124 valence electrons. The summed E-state index contributed by atoms with van der Waals surface area (Å²) in [5, 5.41) is -2.13. The van der Waals surface area contributed by atoms with Crippen molar-refractivity contribution in [3.8, 4) is 11.1 Å². The minimum Gasteiger partial charge on any atom is -0.319 e. The molecule has 0 spiro atoms. The largest absolute Gasteiger partial charge is 0.319 e. The van der Waals surface area contributed by atoms with Crippen molar-refractivity contribution in [2.45, 2.75) is 0 Å². The van der Waals surface area contributed by atoms with Crippen molar-refractivity contribution >= 4 is 63.7 Å². The van der Waals surface area contributed by atoms with Gasteiger partial charge in [0.2, 0.25) is 0 Å². The summed E-state index contributed by atoms with van der Waals surface area (Å²) in [7, 11) is 0. The van der Waals surface area contributed by atoms with Crippen LogP contribution in [0.5, 0.6) is 0 Å². The fourth-order valence-corrected chi connectivity index (χ4v) is 3.13. The molecule has 2 rings (SSSR count). The van der Waals surface area contributed by atoms with Crippen LogP contribution in [0.2, 0.25) is 25.1 Å². The molecule has 2 nitrogen and oxygen atoms in total. The third-order valence-corrected chi connectivity index (χ3v) is 5.14. The summed E-state index contributed by atoms with van der Waals surface area (Å²) in [6.45, 7) is 0. The SMILES string of the molecule is NNc1c(F)c(F)c(-c2c(Cl)c(Cl)c(Cl)c(Cl)c2Cl)c(F)c1F. The zero-order valence-corrected chi connectivity index (χ0v) is 14.3. The number of nitrogens with two attached hydrogens (primary N) is 1. The van der Waals surface area contributed by atoms with E-state index in [1.165, 1.54) is 5.43 Å². The Labute approximate surface area is 152 Å². The van der Waals surface area contributed by atoms with Gasteiger partial charge in [-0.1, -0.05) is 58.0 Å². The quantitative estimate of drug-likeness (QED) is 0.189. The molecule has 0 saturated carbocycles. The third-order valence-electron chi connectivity index (χ3n) is 2.87. The highest BCUT2D eigenvalue weighted by Crippen LogP contribution is 2.50. The second-order valence-electron chi connectivity index (χ2n) is 4.10. The molecule has 0 aliphatic rings. The maximum absolute atomic E-state index is 14.2. The van der Waals surface area contributed by atoms with Crippen LogP contribution >= 0.6 is 58.0 Å². The molecule has 0 amide bonds.